The molecule has 0 aliphatic rings. The van der Waals surface area contributed by atoms with Gasteiger partial charge in [0, 0.05) is 34.2 Å². The molecule has 0 unspecified atom stereocenters. The fraction of sp³-hybridized carbons (Fsp3) is 0.0625. The Hall–Kier alpha value is -2.49. The van der Waals surface area contributed by atoms with Gasteiger partial charge in [-0.1, -0.05) is 34.7 Å². The minimum absolute atomic E-state index is 0.0508. The first kappa shape index (κ1) is 18.3. The van der Waals surface area contributed by atoms with Crippen molar-refractivity contribution >= 4 is 52.3 Å². The van der Waals surface area contributed by atoms with E-state index in [0.717, 1.165) is 10.6 Å². The number of amides is 1. The Bertz CT molecular complexity index is 950. The van der Waals surface area contributed by atoms with Crippen LogP contribution in [0, 0.1) is 0 Å². The lowest BCUT2D eigenvalue weighted by Crippen LogP contribution is -2.23. The largest absolute Gasteiger partial charge is 0.545 e. The molecule has 0 radical (unpaired) electrons. The van der Waals surface area contributed by atoms with Crippen molar-refractivity contribution < 1.29 is 14.7 Å². The van der Waals surface area contributed by atoms with Crippen molar-refractivity contribution in [3.63, 3.8) is 0 Å². The van der Waals surface area contributed by atoms with Crippen molar-refractivity contribution in [1.29, 1.82) is 0 Å². The van der Waals surface area contributed by atoms with Crippen LogP contribution >= 0.6 is 34.7 Å². The smallest absolute Gasteiger partial charge is 0.234 e. The summed E-state index contributed by atoms with van der Waals surface area (Å²) >= 11 is 8.38. The van der Waals surface area contributed by atoms with Crippen LogP contribution in [0.5, 0.6) is 0 Å². The third-order valence-corrected chi connectivity index (χ3v) is 5.57. The molecule has 1 amide bonds. The number of hydrogen-bond acceptors (Lipinski definition) is 8. The maximum Gasteiger partial charge on any atom is 0.234 e. The van der Waals surface area contributed by atoms with E-state index in [9.17, 15) is 14.7 Å². The molecule has 0 atom stereocenters. The molecule has 2 aromatic heterocycles. The summed E-state index contributed by atoms with van der Waals surface area (Å²) in [6.07, 6.45) is 3.34. The number of carboxylic acids is 1. The van der Waals surface area contributed by atoms with Crippen molar-refractivity contribution in [2.24, 2.45) is 0 Å². The summed E-state index contributed by atoms with van der Waals surface area (Å²) in [7, 11) is 0. The summed E-state index contributed by atoms with van der Waals surface area (Å²) in [4.78, 5) is 27.0. The Morgan fingerprint density at radius 2 is 1.96 bits per heavy atom. The van der Waals surface area contributed by atoms with Gasteiger partial charge in [0.2, 0.25) is 5.91 Å². The van der Waals surface area contributed by atoms with Gasteiger partial charge in [0.15, 0.2) is 4.34 Å². The van der Waals surface area contributed by atoms with Crippen molar-refractivity contribution in [2.75, 3.05) is 11.1 Å². The lowest BCUT2D eigenvalue weighted by atomic mass is 10.2. The summed E-state index contributed by atoms with van der Waals surface area (Å²) in [5, 5.41) is 22.5. The Morgan fingerprint density at radius 3 is 2.69 bits per heavy atom. The molecule has 0 spiro atoms. The summed E-state index contributed by atoms with van der Waals surface area (Å²) < 4.78 is 0.651. The van der Waals surface area contributed by atoms with E-state index in [2.05, 4.69) is 20.5 Å². The SMILES string of the molecule is O=C(CSc1nnc(-c2ccncc2)s1)Nc1ccc(Cl)c(C(=O)[O-])c1. The number of nitrogens with one attached hydrogen (secondary N) is 1. The van der Waals surface area contributed by atoms with E-state index >= 15 is 0 Å². The zero-order chi connectivity index (χ0) is 18.5. The van der Waals surface area contributed by atoms with Gasteiger partial charge in [-0.05, 0) is 30.3 Å². The highest BCUT2D eigenvalue weighted by Crippen LogP contribution is 2.29. The number of carbonyl (C=O) groups is 2. The normalized spacial score (nSPS) is 10.5. The monoisotopic (exact) mass is 405 g/mol. The second-order valence-corrected chi connectivity index (χ2v) is 7.54. The second kappa shape index (κ2) is 8.26. The molecule has 26 heavy (non-hydrogen) atoms. The molecular formula is C16H10ClN4O3S2-. The second-order valence-electron chi connectivity index (χ2n) is 4.93. The van der Waals surface area contributed by atoms with Crippen LogP contribution in [-0.4, -0.2) is 32.8 Å². The highest BCUT2D eigenvalue weighted by molar-refractivity contribution is 8.01. The van der Waals surface area contributed by atoms with E-state index in [1.807, 2.05) is 12.1 Å². The number of halogens is 1. The lowest BCUT2D eigenvalue weighted by Gasteiger charge is -2.09. The van der Waals surface area contributed by atoms with Gasteiger partial charge in [-0.3, -0.25) is 9.78 Å². The van der Waals surface area contributed by atoms with E-state index in [-0.39, 0.29) is 22.2 Å². The number of aromatic nitrogens is 3. The van der Waals surface area contributed by atoms with Gasteiger partial charge in [-0.25, -0.2) is 0 Å². The molecule has 0 saturated carbocycles. The average molecular weight is 406 g/mol. The standard InChI is InChI=1S/C16H11ClN4O3S2/c17-12-2-1-10(7-11(12)15(23)24)19-13(22)8-25-16-21-20-14(26-16)9-3-5-18-6-4-9/h1-7H,8H2,(H,19,22)(H,23,24)/p-1. The van der Waals surface area contributed by atoms with Crippen LogP contribution in [0.3, 0.4) is 0 Å². The number of thioether (sulfide) groups is 1. The molecular weight excluding hydrogens is 396 g/mol. The molecule has 3 rings (SSSR count). The van der Waals surface area contributed by atoms with Crippen LogP contribution in [0.4, 0.5) is 5.69 Å². The van der Waals surface area contributed by atoms with Gasteiger partial charge in [0.25, 0.3) is 0 Å². The first-order valence-corrected chi connectivity index (χ1v) is 9.38. The van der Waals surface area contributed by atoms with Crippen LogP contribution in [0.25, 0.3) is 10.6 Å². The highest BCUT2D eigenvalue weighted by atomic mass is 35.5. The zero-order valence-electron chi connectivity index (χ0n) is 13.0. The number of anilines is 1. The molecule has 3 aromatic rings. The van der Waals surface area contributed by atoms with Crippen LogP contribution < -0.4 is 10.4 Å². The van der Waals surface area contributed by atoms with Crippen molar-refractivity contribution in [3.8, 4) is 10.6 Å². The third kappa shape index (κ3) is 4.57. The quantitative estimate of drug-likeness (QED) is 0.627. The maximum absolute atomic E-state index is 12.0. The number of carboxylic acid groups (broad SMARTS) is 1. The van der Waals surface area contributed by atoms with Crippen LogP contribution in [0.2, 0.25) is 5.02 Å². The maximum atomic E-state index is 12.0. The van der Waals surface area contributed by atoms with Crippen LogP contribution in [-0.2, 0) is 4.79 Å². The summed E-state index contributed by atoms with van der Waals surface area (Å²) in [6.45, 7) is 0. The van der Waals surface area contributed by atoms with E-state index < -0.39 is 5.97 Å². The van der Waals surface area contributed by atoms with Crippen molar-refractivity contribution in [3.05, 3.63) is 53.3 Å². The number of pyridine rings is 1. The molecule has 0 aliphatic carbocycles. The molecule has 0 aliphatic heterocycles. The van der Waals surface area contributed by atoms with E-state index in [4.69, 9.17) is 11.6 Å². The molecule has 1 aromatic carbocycles. The third-order valence-electron chi connectivity index (χ3n) is 3.13. The molecule has 132 valence electrons. The Labute approximate surface area is 161 Å². The molecule has 0 fully saturated rings. The van der Waals surface area contributed by atoms with Gasteiger partial charge >= 0.3 is 0 Å². The van der Waals surface area contributed by atoms with Gasteiger partial charge in [0.05, 0.1) is 11.7 Å². The summed E-state index contributed by atoms with van der Waals surface area (Å²) in [5.74, 6) is -1.60. The van der Waals surface area contributed by atoms with E-state index in [1.165, 1.54) is 41.3 Å². The molecule has 1 N–H and O–H groups in total. The number of carbonyl (C=O) groups excluding carboxylic acids is 2. The Balaban J connectivity index is 1.59. The molecule has 2 heterocycles. The fourth-order valence-electron chi connectivity index (χ4n) is 1.96. The first-order chi connectivity index (χ1) is 12.5. The minimum atomic E-state index is -1.40. The molecule has 10 heteroatoms. The number of hydrogen-bond donors (Lipinski definition) is 1. The predicted molar refractivity (Wildman–Crippen MR) is 98.3 cm³/mol. The summed E-state index contributed by atoms with van der Waals surface area (Å²) in [5.41, 5.74) is 1.06. The number of nitrogens with zero attached hydrogens (tertiary/aromatic N) is 3. The van der Waals surface area contributed by atoms with Crippen molar-refractivity contribution in [1.82, 2.24) is 15.2 Å². The molecule has 0 bridgehead atoms. The van der Waals surface area contributed by atoms with E-state index in [1.54, 1.807) is 12.4 Å². The lowest BCUT2D eigenvalue weighted by molar-refractivity contribution is -0.255. The first-order valence-electron chi connectivity index (χ1n) is 7.20. The molecule has 7 nitrogen and oxygen atoms in total. The van der Waals surface area contributed by atoms with Crippen LogP contribution in [0.15, 0.2) is 47.1 Å². The van der Waals surface area contributed by atoms with Gasteiger partial charge in [-0.2, -0.15) is 0 Å². The van der Waals surface area contributed by atoms with Gasteiger partial charge < -0.3 is 15.2 Å². The highest BCUT2D eigenvalue weighted by Gasteiger charge is 2.11. The zero-order valence-corrected chi connectivity index (χ0v) is 15.4. The number of rotatable bonds is 6. The topological polar surface area (TPSA) is 108 Å². The average Bonchev–Trinajstić information content (AvgIpc) is 3.11. The summed E-state index contributed by atoms with van der Waals surface area (Å²) in [6, 6.07) is 7.83. The number of benzene rings is 1. The van der Waals surface area contributed by atoms with Gasteiger partial charge in [-0.15, -0.1) is 10.2 Å². The number of aromatic carboxylic acids is 1. The fourth-order valence-corrected chi connectivity index (χ4v) is 3.81. The Morgan fingerprint density at radius 1 is 1.19 bits per heavy atom. The van der Waals surface area contributed by atoms with Crippen molar-refractivity contribution in [2.45, 2.75) is 4.34 Å². The van der Waals surface area contributed by atoms with Crippen LogP contribution in [0.1, 0.15) is 10.4 Å². The molecule has 0 saturated heterocycles. The Kier molecular flexibility index (Phi) is 5.82. The van der Waals surface area contributed by atoms with Gasteiger partial charge in [0.1, 0.15) is 5.01 Å². The minimum Gasteiger partial charge on any atom is -0.545 e. The predicted octanol–water partition coefficient (Wildman–Crippen LogP) is 2.35. The van der Waals surface area contributed by atoms with E-state index in [0.29, 0.717) is 10.0 Å².